The van der Waals surface area contributed by atoms with Crippen LogP contribution in [0, 0.1) is 5.92 Å². The van der Waals surface area contributed by atoms with Crippen LogP contribution < -0.4 is 0 Å². The highest BCUT2D eigenvalue weighted by Gasteiger charge is 2.46. The fraction of sp³-hybridized carbons (Fsp3) is 1.00. The van der Waals surface area contributed by atoms with Crippen LogP contribution >= 0.6 is 0 Å². The van der Waals surface area contributed by atoms with Gasteiger partial charge in [-0.3, -0.25) is 0 Å². The maximum atomic E-state index is 5.56. The summed E-state index contributed by atoms with van der Waals surface area (Å²) in [5, 5.41) is 0. The van der Waals surface area contributed by atoms with Crippen molar-refractivity contribution in [1.82, 2.24) is 0 Å². The van der Waals surface area contributed by atoms with Gasteiger partial charge >= 0.3 is 0 Å². The van der Waals surface area contributed by atoms with Gasteiger partial charge in [-0.25, -0.2) is 0 Å². The average Bonchev–Trinajstić information content (AvgIpc) is 2.49. The van der Waals surface area contributed by atoms with Crippen LogP contribution in [0.15, 0.2) is 0 Å². The Morgan fingerprint density at radius 3 is 1.88 bits per heavy atom. The molecule has 0 unspecified atom stereocenters. The Kier molecular flexibility index (Phi) is 4.08. The van der Waals surface area contributed by atoms with E-state index in [9.17, 15) is 0 Å². The molecule has 2 aliphatic rings. The topological polar surface area (TPSA) is 36.9 Å². The third kappa shape index (κ3) is 3.41. The van der Waals surface area contributed by atoms with Gasteiger partial charge in [0.2, 0.25) is 11.6 Å². The van der Waals surface area contributed by atoms with Gasteiger partial charge in [0.1, 0.15) is 0 Å². The van der Waals surface area contributed by atoms with Gasteiger partial charge in [-0.05, 0) is 25.7 Å². The highest BCUT2D eigenvalue weighted by molar-refractivity contribution is 4.74. The Morgan fingerprint density at radius 1 is 0.882 bits per heavy atom. The fourth-order valence-electron chi connectivity index (χ4n) is 2.60. The molecular formula is C13H24O4. The zero-order valence-corrected chi connectivity index (χ0v) is 11.2. The van der Waals surface area contributed by atoms with Crippen molar-refractivity contribution in [2.24, 2.45) is 5.92 Å². The van der Waals surface area contributed by atoms with E-state index in [4.69, 9.17) is 19.6 Å². The summed E-state index contributed by atoms with van der Waals surface area (Å²) in [7, 11) is 0. The first kappa shape index (κ1) is 13.3. The van der Waals surface area contributed by atoms with Crippen molar-refractivity contribution in [1.29, 1.82) is 0 Å². The summed E-state index contributed by atoms with van der Waals surface area (Å²) in [4.78, 5) is 22.1. The minimum Gasteiger partial charge on any atom is -0.195 e. The SMILES string of the molecule is CC(C)CC1(C)OOC2(CCCCCC2)OO1. The Balaban J connectivity index is 1.91. The zero-order valence-electron chi connectivity index (χ0n) is 11.2. The lowest BCUT2D eigenvalue weighted by atomic mass is 10.0. The van der Waals surface area contributed by atoms with Gasteiger partial charge < -0.3 is 0 Å². The molecule has 100 valence electrons. The molecule has 0 radical (unpaired) electrons. The third-order valence-corrected chi connectivity index (χ3v) is 3.38. The summed E-state index contributed by atoms with van der Waals surface area (Å²) < 4.78 is 0. The monoisotopic (exact) mass is 244 g/mol. The predicted molar refractivity (Wildman–Crippen MR) is 62.6 cm³/mol. The van der Waals surface area contributed by atoms with Crippen LogP contribution in [-0.2, 0) is 19.6 Å². The first-order chi connectivity index (χ1) is 8.04. The normalized spacial score (nSPS) is 28.2. The molecule has 0 bridgehead atoms. The molecule has 4 heteroatoms. The standard InChI is InChI=1S/C13H24O4/c1-11(2)10-12(3)14-16-13(17-15-12)8-6-4-5-7-9-13/h11H,4-10H2,1-3H3. The molecule has 1 aliphatic heterocycles. The minimum absolute atomic E-state index is 0.468. The molecule has 0 amide bonds. The van der Waals surface area contributed by atoms with Crippen LogP contribution in [-0.4, -0.2) is 11.6 Å². The van der Waals surface area contributed by atoms with Crippen molar-refractivity contribution >= 4 is 0 Å². The molecule has 1 aliphatic carbocycles. The molecule has 17 heavy (non-hydrogen) atoms. The average molecular weight is 244 g/mol. The van der Waals surface area contributed by atoms with Gasteiger partial charge in [0.15, 0.2) is 0 Å². The number of rotatable bonds is 2. The summed E-state index contributed by atoms with van der Waals surface area (Å²) in [5.74, 6) is -0.964. The van der Waals surface area contributed by atoms with Crippen LogP contribution in [0.2, 0.25) is 0 Å². The summed E-state index contributed by atoms with van der Waals surface area (Å²) in [6.07, 6.45) is 7.13. The van der Waals surface area contributed by atoms with Crippen LogP contribution in [0.25, 0.3) is 0 Å². The first-order valence-corrected chi connectivity index (χ1v) is 6.77. The second-order valence-electron chi connectivity index (χ2n) is 5.89. The van der Waals surface area contributed by atoms with Gasteiger partial charge in [-0.1, -0.05) is 26.7 Å². The molecular weight excluding hydrogens is 220 g/mol. The van der Waals surface area contributed by atoms with E-state index in [0.29, 0.717) is 5.92 Å². The number of hydrogen-bond acceptors (Lipinski definition) is 4. The van der Waals surface area contributed by atoms with Gasteiger partial charge in [-0.15, -0.1) is 0 Å². The second-order valence-corrected chi connectivity index (χ2v) is 5.89. The van der Waals surface area contributed by atoms with Crippen LogP contribution in [0.5, 0.6) is 0 Å². The van der Waals surface area contributed by atoms with E-state index < -0.39 is 11.6 Å². The molecule has 4 nitrogen and oxygen atoms in total. The Morgan fingerprint density at radius 2 is 1.41 bits per heavy atom. The molecule has 2 fully saturated rings. The fourth-order valence-corrected chi connectivity index (χ4v) is 2.60. The molecule has 0 atom stereocenters. The zero-order chi connectivity index (χ0) is 12.4. The number of hydrogen-bond donors (Lipinski definition) is 0. The first-order valence-electron chi connectivity index (χ1n) is 6.77. The summed E-state index contributed by atoms with van der Waals surface area (Å²) in [5.41, 5.74) is 0. The summed E-state index contributed by atoms with van der Waals surface area (Å²) in [6, 6.07) is 0. The molecule has 1 saturated carbocycles. The smallest absolute Gasteiger partial charge is 0.195 e. The highest BCUT2D eigenvalue weighted by Crippen LogP contribution is 2.39. The van der Waals surface area contributed by atoms with Crippen LogP contribution in [0.1, 0.15) is 65.7 Å². The van der Waals surface area contributed by atoms with Crippen molar-refractivity contribution in [2.45, 2.75) is 77.3 Å². The lowest BCUT2D eigenvalue weighted by molar-refractivity contribution is -0.656. The molecule has 2 rings (SSSR count). The van der Waals surface area contributed by atoms with Crippen molar-refractivity contribution in [3.05, 3.63) is 0 Å². The van der Waals surface area contributed by atoms with Crippen LogP contribution in [0.4, 0.5) is 0 Å². The quantitative estimate of drug-likeness (QED) is 0.694. The van der Waals surface area contributed by atoms with Gasteiger partial charge in [-0.2, -0.15) is 19.6 Å². The summed E-state index contributed by atoms with van der Waals surface area (Å²) in [6.45, 7) is 6.10. The predicted octanol–water partition coefficient (Wildman–Crippen LogP) is 3.71. The molecule has 1 spiro atoms. The van der Waals surface area contributed by atoms with E-state index in [-0.39, 0.29) is 0 Å². The Labute approximate surface area is 103 Å². The van der Waals surface area contributed by atoms with E-state index in [1.54, 1.807) is 0 Å². The van der Waals surface area contributed by atoms with Crippen molar-refractivity contribution < 1.29 is 19.6 Å². The maximum absolute atomic E-state index is 5.56. The van der Waals surface area contributed by atoms with E-state index in [1.165, 1.54) is 12.8 Å². The maximum Gasteiger partial charge on any atom is 0.234 e. The van der Waals surface area contributed by atoms with Gasteiger partial charge in [0, 0.05) is 19.3 Å². The summed E-state index contributed by atoms with van der Waals surface area (Å²) >= 11 is 0. The van der Waals surface area contributed by atoms with E-state index in [1.807, 2.05) is 6.92 Å². The Bertz CT molecular complexity index is 234. The highest BCUT2D eigenvalue weighted by atomic mass is 17.4. The second kappa shape index (κ2) is 5.22. The minimum atomic E-state index is -0.772. The lowest BCUT2D eigenvalue weighted by Gasteiger charge is -2.41. The van der Waals surface area contributed by atoms with E-state index in [0.717, 1.165) is 32.1 Å². The Hall–Kier alpha value is -0.160. The van der Waals surface area contributed by atoms with Crippen LogP contribution in [0.3, 0.4) is 0 Å². The molecule has 0 aromatic heterocycles. The van der Waals surface area contributed by atoms with Gasteiger partial charge in [0.25, 0.3) is 0 Å². The van der Waals surface area contributed by atoms with Crippen molar-refractivity contribution in [3.63, 3.8) is 0 Å². The van der Waals surface area contributed by atoms with Crippen molar-refractivity contribution in [3.8, 4) is 0 Å². The largest absolute Gasteiger partial charge is 0.234 e. The third-order valence-electron chi connectivity index (χ3n) is 3.38. The van der Waals surface area contributed by atoms with Crippen molar-refractivity contribution in [2.75, 3.05) is 0 Å². The molecule has 1 heterocycles. The lowest BCUT2D eigenvalue weighted by Crippen LogP contribution is -2.49. The molecule has 1 saturated heterocycles. The van der Waals surface area contributed by atoms with E-state index >= 15 is 0 Å². The van der Waals surface area contributed by atoms with Gasteiger partial charge in [0.05, 0.1) is 0 Å². The molecule has 0 aromatic carbocycles. The molecule has 0 N–H and O–H groups in total. The molecule has 0 aromatic rings. The van der Waals surface area contributed by atoms with E-state index in [2.05, 4.69) is 13.8 Å².